The van der Waals surface area contributed by atoms with Crippen molar-refractivity contribution in [2.24, 2.45) is 0 Å². The molecule has 2 nitrogen and oxygen atoms in total. The molecule has 0 saturated carbocycles. The molecule has 0 spiro atoms. The molecule has 1 aromatic heterocycles. The first-order valence-corrected chi connectivity index (χ1v) is 6.27. The largest absolute Gasteiger partial charge is 0.355 e. The Bertz CT molecular complexity index is 770. The Morgan fingerprint density at radius 2 is 1.70 bits per heavy atom. The molecule has 3 aromatic rings. The lowest BCUT2D eigenvalue weighted by Gasteiger charge is -2.10. The Morgan fingerprint density at radius 1 is 0.950 bits per heavy atom. The fraction of sp³-hybridized carbons (Fsp3) is 0. The third kappa shape index (κ3) is 2.56. The number of rotatable bonds is 2. The number of fused-ring (bicyclic) bond motifs is 1. The lowest BCUT2D eigenvalue weighted by atomic mass is 10.2. The number of anilines is 2. The molecule has 20 heavy (non-hydrogen) atoms. The Balaban J connectivity index is 2.08. The Labute approximate surface area is 119 Å². The van der Waals surface area contributed by atoms with Gasteiger partial charge in [-0.2, -0.15) is 0 Å². The molecule has 100 valence electrons. The number of hydrogen-bond acceptors (Lipinski definition) is 2. The van der Waals surface area contributed by atoms with Crippen molar-refractivity contribution in [1.82, 2.24) is 4.98 Å². The molecular weight excluding hydrogens is 282 g/mol. The molecule has 1 N–H and O–H groups in total. The van der Waals surface area contributed by atoms with Crippen molar-refractivity contribution >= 4 is 33.9 Å². The van der Waals surface area contributed by atoms with Gasteiger partial charge >= 0.3 is 0 Å². The second-order valence-corrected chi connectivity index (χ2v) is 4.74. The lowest BCUT2D eigenvalue weighted by molar-refractivity contribution is 0.584. The van der Waals surface area contributed by atoms with E-state index in [2.05, 4.69) is 10.3 Å². The van der Waals surface area contributed by atoms with Gasteiger partial charge in [-0.05, 0) is 36.4 Å². The third-order valence-electron chi connectivity index (χ3n) is 2.85. The average Bonchev–Trinajstić information content (AvgIpc) is 2.38. The number of hydrogen-bond donors (Lipinski definition) is 1. The average molecular weight is 291 g/mol. The van der Waals surface area contributed by atoms with E-state index in [1.54, 1.807) is 30.5 Å². The Morgan fingerprint density at radius 3 is 2.45 bits per heavy atom. The van der Waals surface area contributed by atoms with E-state index >= 15 is 0 Å². The van der Waals surface area contributed by atoms with Gasteiger partial charge in [-0.25, -0.2) is 8.78 Å². The predicted molar refractivity (Wildman–Crippen MR) is 76.4 cm³/mol. The van der Waals surface area contributed by atoms with E-state index in [0.29, 0.717) is 16.4 Å². The highest BCUT2D eigenvalue weighted by molar-refractivity contribution is 6.31. The van der Waals surface area contributed by atoms with Crippen molar-refractivity contribution in [3.63, 3.8) is 0 Å². The first-order chi connectivity index (χ1) is 9.61. The highest BCUT2D eigenvalue weighted by atomic mass is 35.5. The van der Waals surface area contributed by atoms with Crippen molar-refractivity contribution in [1.29, 1.82) is 0 Å². The molecule has 0 unspecified atom stereocenters. The fourth-order valence-electron chi connectivity index (χ4n) is 2.01. The first kappa shape index (κ1) is 12.8. The molecular formula is C15H9ClF2N2. The van der Waals surface area contributed by atoms with Gasteiger partial charge in [0.05, 0.1) is 5.52 Å². The molecule has 0 fully saturated rings. The number of halogens is 3. The summed E-state index contributed by atoms with van der Waals surface area (Å²) in [6.07, 6.45) is 1.62. The molecule has 0 radical (unpaired) electrons. The minimum Gasteiger partial charge on any atom is -0.355 e. The number of benzene rings is 2. The van der Waals surface area contributed by atoms with Crippen LogP contribution in [0.5, 0.6) is 0 Å². The molecule has 0 bridgehead atoms. The van der Waals surface area contributed by atoms with Crippen LogP contribution in [-0.4, -0.2) is 4.98 Å². The number of aromatic nitrogens is 1. The van der Waals surface area contributed by atoms with Crippen LogP contribution in [0.3, 0.4) is 0 Å². The highest BCUT2D eigenvalue weighted by Gasteiger charge is 2.05. The van der Waals surface area contributed by atoms with Gasteiger partial charge in [-0.15, -0.1) is 0 Å². The minimum atomic E-state index is -0.635. The topological polar surface area (TPSA) is 24.9 Å². The van der Waals surface area contributed by atoms with Crippen molar-refractivity contribution in [2.75, 3.05) is 5.32 Å². The van der Waals surface area contributed by atoms with Crippen molar-refractivity contribution in [2.45, 2.75) is 0 Å². The molecule has 3 rings (SSSR count). The van der Waals surface area contributed by atoms with Crippen molar-refractivity contribution in [3.8, 4) is 0 Å². The summed E-state index contributed by atoms with van der Waals surface area (Å²) in [4.78, 5) is 4.21. The first-order valence-electron chi connectivity index (χ1n) is 5.89. The summed E-state index contributed by atoms with van der Waals surface area (Å²) in [5, 5.41) is 4.33. The summed E-state index contributed by atoms with van der Waals surface area (Å²) in [6.45, 7) is 0. The van der Waals surface area contributed by atoms with Gasteiger partial charge in [0.25, 0.3) is 0 Å². The standard InChI is InChI=1S/C15H9ClF2N2/c16-9-1-2-14-13(5-9)15(3-4-19-14)20-12-7-10(17)6-11(18)8-12/h1-8H,(H,19,20). The van der Waals surface area contributed by atoms with Crippen LogP contribution in [0.25, 0.3) is 10.9 Å². The van der Waals surface area contributed by atoms with Crippen LogP contribution < -0.4 is 5.32 Å². The molecule has 2 aromatic carbocycles. The zero-order chi connectivity index (χ0) is 14.1. The summed E-state index contributed by atoms with van der Waals surface area (Å²) in [7, 11) is 0. The van der Waals surface area contributed by atoms with Crippen LogP contribution in [-0.2, 0) is 0 Å². The molecule has 0 aliphatic heterocycles. The van der Waals surface area contributed by atoms with E-state index in [-0.39, 0.29) is 0 Å². The van der Waals surface area contributed by atoms with Crippen LogP contribution >= 0.6 is 11.6 Å². The third-order valence-corrected chi connectivity index (χ3v) is 3.08. The maximum atomic E-state index is 13.2. The zero-order valence-corrected chi connectivity index (χ0v) is 11.0. The minimum absolute atomic E-state index is 0.329. The Kier molecular flexibility index (Phi) is 3.24. The smallest absolute Gasteiger partial charge is 0.128 e. The summed E-state index contributed by atoms with van der Waals surface area (Å²) in [5.41, 5.74) is 1.76. The number of nitrogens with one attached hydrogen (secondary N) is 1. The van der Waals surface area contributed by atoms with Crippen molar-refractivity contribution in [3.05, 3.63) is 65.3 Å². The molecule has 0 amide bonds. The normalized spacial score (nSPS) is 10.8. The number of pyridine rings is 1. The van der Waals surface area contributed by atoms with E-state index in [1.807, 2.05) is 0 Å². The monoisotopic (exact) mass is 290 g/mol. The molecule has 5 heteroatoms. The maximum absolute atomic E-state index is 13.2. The lowest BCUT2D eigenvalue weighted by Crippen LogP contribution is -1.94. The van der Waals surface area contributed by atoms with Gasteiger partial charge in [0.15, 0.2) is 0 Å². The van der Waals surface area contributed by atoms with Gasteiger partial charge in [0, 0.05) is 34.0 Å². The molecule has 0 atom stereocenters. The van der Waals surface area contributed by atoms with Crippen LogP contribution in [0.2, 0.25) is 5.02 Å². The zero-order valence-electron chi connectivity index (χ0n) is 10.2. The van der Waals surface area contributed by atoms with Crippen molar-refractivity contribution < 1.29 is 8.78 Å². The van der Waals surface area contributed by atoms with Crippen LogP contribution in [0, 0.1) is 11.6 Å². The second kappa shape index (κ2) is 5.06. The summed E-state index contributed by atoms with van der Waals surface area (Å²) < 4.78 is 26.4. The highest BCUT2D eigenvalue weighted by Crippen LogP contribution is 2.28. The SMILES string of the molecule is Fc1cc(F)cc(Nc2ccnc3ccc(Cl)cc23)c1. The van der Waals surface area contributed by atoms with Gasteiger partial charge in [-0.1, -0.05) is 11.6 Å². The summed E-state index contributed by atoms with van der Waals surface area (Å²) in [5.74, 6) is -1.27. The van der Waals surface area contributed by atoms with Gasteiger partial charge in [-0.3, -0.25) is 4.98 Å². The molecule has 0 saturated heterocycles. The summed E-state index contributed by atoms with van der Waals surface area (Å²) >= 11 is 5.97. The molecule has 1 heterocycles. The van der Waals surface area contributed by atoms with E-state index in [9.17, 15) is 8.78 Å². The molecule has 0 aliphatic rings. The van der Waals surface area contributed by atoms with Crippen LogP contribution in [0.15, 0.2) is 48.7 Å². The summed E-state index contributed by atoms with van der Waals surface area (Å²) in [6, 6.07) is 10.3. The number of nitrogens with zero attached hydrogens (tertiary/aromatic N) is 1. The Hall–Kier alpha value is -2.20. The van der Waals surface area contributed by atoms with Crippen LogP contribution in [0.1, 0.15) is 0 Å². The van der Waals surface area contributed by atoms with E-state index in [4.69, 9.17) is 11.6 Å². The van der Waals surface area contributed by atoms with Gasteiger partial charge < -0.3 is 5.32 Å². The predicted octanol–water partition coefficient (Wildman–Crippen LogP) is 4.91. The van der Waals surface area contributed by atoms with Gasteiger partial charge in [0.1, 0.15) is 11.6 Å². The van der Waals surface area contributed by atoms with Gasteiger partial charge in [0.2, 0.25) is 0 Å². The molecule has 0 aliphatic carbocycles. The maximum Gasteiger partial charge on any atom is 0.128 e. The van der Waals surface area contributed by atoms with E-state index < -0.39 is 11.6 Å². The van der Waals surface area contributed by atoms with E-state index in [0.717, 1.165) is 17.0 Å². The second-order valence-electron chi connectivity index (χ2n) is 4.30. The quantitative estimate of drug-likeness (QED) is 0.725. The van der Waals surface area contributed by atoms with Crippen LogP contribution in [0.4, 0.5) is 20.2 Å². The fourth-order valence-corrected chi connectivity index (χ4v) is 2.18. The van der Waals surface area contributed by atoms with E-state index in [1.165, 1.54) is 12.1 Å².